The number of ether oxygens (including phenoxy) is 2. The van der Waals surface area contributed by atoms with Gasteiger partial charge in [0.05, 0.1) is 37.2 Å². The number of methoxy groups -OCH3 is 1. The van der Waals surface area contributed by atoms with Crippen molar-refractivity contribution in [3.63, 3.8) is 0 Å². The smallest absolute Gasteiger partial charge is 0.327 e. The number of hydrogen-bond acceptors (Lipinski definition) is 6. The number of carbonyl (C=O) groups is 2. The summed E-state index contributed by atoms with van der Waals surface area (Å²) in [6.07, 6.45) is 4.98. The lowest BCUT2D eigenvalue weighted by Crippen LogP contribution is -2.30. The van der Waals surface area contributed by atoms with Gasteiger partial charge in [0, 0.05) is 19.3 Å². The van der Waals surface area contributed by atoms with Gasteiger partial charge >= 0.3 is 17.7 Å². The zero-order valence-electron chi connectivity index (χ0n) is 15.8. The van der Waals surface area contributed by atoms with E-state index in [1.165, 1.54) is 14.0 Å². The van der Waals surface area contributed by atoms with E-state index in [0.717, 1.165) is 5.57 Å². The number of rotatable bonds is 3. The first-order valence-corrected chi connectivity index (χ1v) is 9.07. The van der Waals surface area contributed by atoms with Crippen LogP contribution in [0.2, 0.25) is 0 Å². The first kappa shape index (κ1) is 19.6. The first-order valence-electron chi connectivity index (χ1n) is 9.07. The number of fused-ring (bicyclic) bond motifs is 2. The molecule has 144 valence electrons. The maximum atomic E-state index is 12.0. The third-order valence-corrected chi connectivity index (χ3v) is 5.69. The van der Waals surface area contributed by atoms with Gasteiger partial charge in [-0.3, -0.25) is 14.4 Å². The summed E-state index contributed by atoms with van der Waals surface area (Å²) in [5.74, 6) is -1.32. The van der Waals surface area contributed by atoms with Crippen LogP contribution in [0.15, 0.2) is 34.4 Å². The second kappa shape index (κ2) is 7.44. The lowest BCUT2D eigenvalue weighted by atomic mass is 9.68. The van der Waals surface area contributed by atoms with E-state index >= 15 is 0 Å². The van der Waals surface area contributed by atoms with E-state index in [-0.39, 0.29) is 43.0 Å². The molecule has 0 heterocycles. The van der Waals surface area contributed by atoms with Crippen LogP contribution in [0.3, 0.4) is 0 Å². The summed E-state index contributed by atoms with van der Waals surface area (Å²) in [6, 6.07) is 4.33. The fraction of sp³-hybridized carbons (Fsp3) is 0.476. The van der Waals surface area contributed by atoms with Crippen molar-refractivity contribution in [2.75, 3.05) is 13.7 Å². The van der Waals surface area contributed by atoms with Crippen molar-refractivity contribution >= 4 is 17.7 Å². The monoisotopic (exact) mass is 381 g/mol. The molecule has 0 aliphatic heterocycles. The van der Waals surface area contributed by atoms with Crippen molar-refractivity contribution in [1.82, 2.24) is 0 Å². The lowest BCUT2D eigenvalue weighted by Gasteiger charge is -2.31. The molecule has 0 saturated carbocycles. The lowest BCUT2D eigenvalue weighted by molar-refractivity contribution is -0.146. The minimum Gasteiger partial charge on any atom is -0.469 e. The highest BCUT2D eigenvalue weighted by molar-refractivity contribution is 6.04. The number of ketones is 1. The van der Waals surface area contributed by atoms with E-state index in [1.807, 2.05) is 12.2 Å². The van der Waals surface area contributed by atoms with E-state index in [4.69, 9.17) is 9.47 Å². The molecule has 0 radical (unpaired) electrons. The summed E-state index contributed by atoms with van der Waals surface area (Å²) in [5, 5.41) is 19.8. The molecule has 28 heavy (non-hydrogen) atoms. The van der Waals surface area contributed by atoms with Crippen molar-refractivity contribution in [1.29, 1.82) is 10.5 Å². The van der Waals surface area contributed by atoms with Crippen LogP contribution in [0, 0.1) is 39.9 Å². The van der Waals surface area contributed by atoms with Crippen LogP contribution in [-0.2, 0) is 19.1 Å². The molecule has 3 aliphatic rings. The Labute approximate surface area is 162 Å². The molecule has 0 spiro atoms. The van der Waals surface area contributed by atoms with Crippen LogP contribution in [0.1, 0.15) is 32.6 Å². The normalized spacial score (nSPS) is 25.2. The van der Waals surface area contributed by atoms with E-state index in [2.05, 4.69) is 12.1 Å². The molecule has 1 N–H and O–H groups in total. The van der Waals surface area contributed by atoms with Crippen LogP contribution in [0.4, 0.5) is 0 Å². The Bertz CT molecular complexity index is 911. The van der Waals surface area contributed by atoms with Crippen molar-refractivity contribution < 1.29 is 23.9 Å². The molecule has 0 amide bonds. The second-order valence-corrected chi connectivity index (χ2v) is 7.32. The summed E-state index contributed by atoms with van der Waals surface area (Å²) in [4.78, 5) is 33.6. The molecule has 0 aromatic carbocycles. The standard InChI is InChI=1S/C21H20N2O5/c1-12(24)28-9-17-16-8-21(10-22,11-23)18-4-3-13(20(26)27-2)5-15(18)6-14(16)7-19(17)25/h4,6,13,15H,3,5,7-9H2,1-2H3/p+1/t13-,15-/m0/s1. The third-order valence-electron chi connectivity index (χ3n) is 5.69. The molecular weight excluding hydrogens is 360 g/mol. The predicted octanol–water partition coefficient (Wildman–Crippen LogP) is 2.28. The van der Waals surface area contributed by atoms with Gasteiger partial charge < -0.3 is 9.47 Å². The molecule has 2 atom stereocenters. The number of nitrogens with zero attached hydrogens (tertiary/aromatic N) is 2. The highest BCUT2D eigenvalue weighted by Gasteiger charge is 2.48. The first-order chi connectivity index (χ1) is 13.3. The summed E-state index contributed by atoms with van der Waals surface area (Å²) in [7, 11) is 1.34. The minimum atomic E-state index is -1.40. The predicted molar refractivity (Wildman–Crippen MR) is 97.9 cm³/mol. The Morgan fingerprint density at radius 1 is 1.36 bits per heavy atom. The summed E-state index contributed by atoms with van der Waals surface area (Å²) >= 11 is 0. The highest BCUT2D eigenvalue weighted by atomic mass is 16.5. The van der Waals surface area contributed by atoms with Gasteiger partial charge in [0.2, 0.25) is 0 Å². The molecule has 0 saturated heterocycles. The fourth-order valence-corrected chi connectivity index (χ4v) is 4.29. The zero-order chi connectivity index (χ0) is 20.5. The number of hydrogen-bond donors (Lipinski definition) is 0. The number of allylic oxidation sites excluding steroid dienone is 5. The maximum Gasteiger partial charge on any atom is 0.327 e. The SMILES string of the molecule is COC(=O)[C@H]1CC=C2[C@H](C=C3CC(=[OH+])C(COC(C)=O)=C3CC2(C#N)C#N)C1. The van der Waals surface area contributed by atoms with Crippen LogP contribution in [-0.4, -0.2) is 36.2 Å². The molecule has 0 aromatic rings. The molecule has 7 nitrogen and oxygen atoms in total. The van der Waals surface area contributed by atoms with Gasteiger partial charge in [-0.15, -0.1) is 0 Å². The zero-order valence-corrected chi connectivity index (χ0v) is 15.8. The van der Waals surface area contributed by atoms with Crippen LogP contribution >= 0.6 is 0 Å². The number of nitriles is 2. The van der Waals surface area contributed by atoms with E-state index in [0.29, 0.717) is 29.6 Å². The Hall–Kier alpha value is -3.19. The highest BCUT2D eigenvalue weighted by Crippen LogP contribution is 2.50. The summed E-state index contributed by atoms with van der Waals surface area (Å²) in [5.41, 5.74) is 1.24. The maximum absolute atomic E-state index is 12.0. The van der Waals surface area contributed by atoms with Crippen molar-refractivity contribution in [2.24, 2.45) is 17.3 Å². The van der Waals surface area contributed by atoms with Gasteiger partial charge in [0.15, 0.2) is 5.41 Å². The van der Waals surface area contributed by atoms with E-state index < -0.39 is 11.4 Å². The van der Waals surface area contributed by atoms with Crippen LogP contribution in [0.5, 0.6) is 0 Å². The summed E-state index contributed by atoms with van der Waals surface area (Å²) in [6.45, 7) is 1.18. The molecule has 7 heteroatoms. The minimum absolute atomic E-state index is 0.0834. The molecular formula is C21H21N2O5+. The molecule has 0 bridgehead atoms. The van der Waals surface area contributed by atoms with E-state index in [9.17, 15) is 24.9 Å². The number of esters is 2. The molecule has 0 fully saturated rings. The second-order valence-electron chi connectivity index (χ2n) is 7.32. The quantitative estimate of drug-likeness (QED) is 0.420. The van der Waals surface area contributed by atoms with Crippen LogP contribution < -0.4 is 0 Å². The Kier molecular flexibility index (Phi) is 5.20. The van der Waals surface area contributed by atoms with Gasteiger partial charge in [-0.2, -0.15) is 10.5 Å². The van der Waals surface area contributed by atoms with Gasteiger partial charge in [-0.1, -0.05) is 12.2 Å². The Morgan fingerprint density at radius 3 is 2.68 bits per heavy atom. The molecule has 3 rings (SSSR count). The van der Waals surface area contributed by atoms with Crippen LogP contribution in [0.25, 0.3) is 0 Å². The van der Waals surface area contributed by atoms with Gasteiger partial charge in [0.25, 0.3) is 0 Å². The average molecular weight is 381 g/mol. The van der Waals surface area contributed by atoms with Crippen molar-refractivity contribution in [3.05, 3.63) is 34.4 Å². The van der Waals surface area contributed by atoms with Gasteiger partial charge in [-0.05, 0) is 29.6 Å². The third kappa shape index (κ3) is 3.25. The topological polar surface area (TPSA) is 122 Å². The van der Waals surface area contributed by atoms with Crippen molar-refractivity contribution in [2.45, 2.75) is 32.6 Å². The Balaban J connectivity index is 2.09. The Morgan fingerprint density at radius 2 is 2.07 bits per heavy atom. The average Bonchev–Trinajstić information content (AvgIpc) is 2.89. The van der Waals surface area contributed by atoms with Crippen molar-refractivity contribution in [3.8, 4) is 12.1 Å². The largest absolute Gasteiger partial charge is 0.469 e. The fourth-order valence-electron chi connectivity index (χ4n) is 4.29. The van der Waals surface area contributed by atoms with E-state index in [1.54, 1.807) is 0 Å². The summed E-state index contributed by atoms with van der Waals surface area (Å²) < 4.78 is 9.92. The van der Waals surface area contributed by atoms with Gasteiger partial charge in [0.1, 0.15) is 6.61 Å². The molecule has 0 aromatic heterocycles. The van der Waals surface area contributed by atoms with Gasteiger partial charge in [-0.25, -0.2) is 0 Å². The molecule has 3 aliphatic carbocycles. The molecule has 0 unspecified atom stereocenters. The number of carbonyl (C=O) groups excluding carboxylic acids is 3.